The third-order valence-corrected chi connectivity index (χ3v) is 9.87. The smallest absolute Gasteiger partial charge is 0.488 e. The average Bonchev–Trinajstić information content (AvgIpc) is 3.79. The zero-order valence-electron chi connectivity index (χ0n) is 25.5. The molecule has 0 bridgehead atoms. The Bertz CT molecular complexity index is 2440. The Kier molecular flexibility index (Phi) is 7.02. The van der Waals surface area contributed by atoms with E-state index in [9.17, 15) is 24.5 Å². The second-order valence-corrected chi connectivity index (χ2v) is 12.8. The molecule has 3 heterocycles. The highest BCUT2D eigenvalue weighted by Crippen LogP contribution is 2.50. The van der Waals surface area contributed by atoms with Gasteiger partial charge in [0.15, 0.2) is 11.2 Å². The fourth-order valence-electron chi connectivity index (χ4n) is 7.26. The summed E-state index contributed by atoms with van der Waals surface area (Å²) in [6, 6.07) is 24.1. The molecule has 9 rings (SSSR count). The number of carbonyl (C=O) groups is 1. The van der Waals surface area contributed by atoms with Crippen LogP contribution < -0.4 is 14.9 Å². The standard InChI is InChI=1S/C35H26N5O8P/c41-15-24-23(48-49(44)45)14-25(46-24)40-16-36-30-32(40)38-35(39-33(30)47-34(43)19-5-2-1-3-6-19)37-29-21-12-11-18-10-9-17-7-4-8-20-13-22(31(29)42)28(21)27(18)26(17)20/h1-13,16,23-25,29,31,41-42H,14-15H2,(H,37,38,39)/t23-,24+,25+,29-,31-/m0/s1. The first-order chi connectivity index (χ1) is 23.9. The van der Waals surface area contributed by atoms with Gasteiger partial charge in [-0.1, -0.05) is 60.7 Å². The number of hydrogen-bond donors (Lipinski definition) is 3. The van der Waals surface area contributed by atoms with Crippen molar-refractivity contribution in [2.24, 2.45) is 0 Å². The van der Waals surface area contributed by atoms with Crippen molar-refractivity contribution in [2.45, 2.75) is 37.0 Å². The molecule has 2 aromatic heterocycles. The molecular weight excluding hydrogens is 649 g/mol. The van der Waals surface area contributed by atoms with Crippen LogP contribution in [0.4, 0.5) is 5.95 Å². The number of aliphatic hydroxyl groups excluding tert-OH is 2. The molecule has 0 spiro atoms. The number of imidazole rings is 1. The summed E-state index contributed by atoms with van der Waals surface area (Å²) < 4.78 is 29.6. The first kappa shape index (κ1) is 30.0. The minimum absolute atomic E-state index is 0.0450. The zero-order valence-corrected chi connectivity index (χ0v) is 26.4. The Morgan fingerprint density at radius 1 is 0.980 bits per heavy atom. The van der Waals surface area contributed by atoms with Crippen LogP contribution in [0.3, 0.4) is 0 Å². The predicted molar refractivity (Wildman–Crippen MR) is 176 cm³/mol. The summed E-state index contributed by atoms with van der Waals surface area (Å²) in [7, 11) is -3.19. The summed E-state index contributed by atoms with van der Waals surface area (Å²) >= 11 is 0. The SMILES string of the molecule is O=C(Oc1nc(N[C@H]2c3ccc4ccc5cccc6cc(c3c4c56)[C@@H]2O)nc2c1ncn2[C@H]1C[C@H](O[P+](=O)[O-])[C@@H](CO)O1)c1ccccc1. The summed E-state index contributed by atoms with van der Waals surface area (Å²) in [4.78, 5) is 38.3. The third-order valence-electron chi connectivity index (χ3n) is 9.43. The van der Waals surface area contributed by atoms with Crippen LogP contribution in [-0.4, -0.2) is 54.5 Å². The van der Waals surface area contributed by atoms with Crippen LogP contribution in [0.2, 0.25) is 0 Å². The molecule has 1 saturated heterocycles. The highest BCUT2D eigenvalue weighted by atomic mass is 31.1. The minimum atomic E-state index is -3.19. The molecule has 2 aliphatic rings. The van der Waals surface area contributed by atoms with Crippen molar-refractivity contribution in [3.63, 3.8) is 0 Å². The topological polar surface area (TPSA) is 181 Å². The van der Waals surface area contributed by atoms with E-state index in [1.165, 1.54) is 6.33 Å². The van der Waals surface area contributed by atoms with Crippen LogP contribution >= 0.6 is 8.25 Å². The van der Waals surface area contributed by atoms with Crippen LogP contribution in [-0.2, 0) is 13.8 Å². The number of rotatable bonds is 8. The molecule has 49 heavy (non-hydrogen) atoms. The second kappa shape index (κ2) is 11.5. The number of esters is 1. The highest BCUT2D eigenvalue weighted by molar-refractivity contribution is 7.30. The number of aliphatic hydroxyl groups is 2. The van der Waals surface area contributed by atoms with Gasteiger partial charge in [0.05, 0.1) is 24.5 Å². The van der Waals surface area contributed by atoms with Gasteiger partial charge in [-0.05, 0) is 66.2 Å². The Hall–Kier alpha value is -5.14. The van der Waals surface area contributed by atoms with Gasteiger partial charge in [0.1, 0.15) is 24.5 Å². The summed E-state index contributed by atoms with van der Waals surface area (Å²) in [6.45, 7) is -0.474. The predicted octanol–water partition coefficient (Wildman–Crippen LogP) is 4.83. The van der Waals surface area contributed by atoms with Crippen molar-refractivity contribution in [1.29, 1.82) is 0 Å². The van der Waals surface area contributed by atoms with Crippen molar-refractivity contribution in [1.82, 2.24) is 19.5 Å². The molecule has 3 N–H and O–H groups in total. The molecule has 13 nitrogen and oxygen atoms in total. The molecule has 1 unspecified atom stereocenters. The fourth-order valence-corrected chi connectivity index (χ4v) is 7.71. The lowest BCUT2D eigenvalue weighted by atomic mass is 9.91. The van der Waals surface area contributed by atoms with Crippen LogP contribution in [0.5, 0.6) is 5.88 Å². The van der Waals surface area contributed by atoms with E-state index in [2.05, 4.69) is 33.5 Å². The number of nitrogens with one attached hydrogen (secondary N) is 1. The minimum Gasteiger partial charge on any atom is -0.566 e. The van der Waals surface area contributed by atoms with Crippen LogP contribution in [0, 0.1) is 0 Å². The first-order valence-corrected chi connectivity index (χ1v) is 16.7. The van der Waals surface area contributed by atoms with Gasteiger partial charge < -0.3 is 29.9 Å². The molecule has 7 aromatic rings. The van der Waals surface area contributed by atoms with Crippen LogP contribution in [0.15, 0.2) is 85.2 Å². The van der Waals surface area contributed by atoms with Gasteiger partial charge in [-0.2, -0.15) is 9.97 Å². The Morgan fingerprint density at radius 3 is 2.55 bits per heavy atom. The lowest BCUT2D eigenvalue weighted by Crippen LogP contribution is -2.26. The fraction of sp³-hybridized carbons (Fsp3) is 0.200. The Balaban J connectivity index is 1.14. The van der Waals surface area contributed by atoms with Crippen molar-refractivity contribution < 1.29 is 38.5 Å². The van der Waals surface area contributed by atoms with E-state index in [1.54, 1.807) is 34.9 Å². The van der Waals surface area contributed by atoms with E-state index in [0.29, 0.717) is 5.56 Å². The molecule has 0 radical (unpaired) electrons. The van der Waals surface area contributed by atoms with Crippen molar-refractivity contribution in [3.05, 3.63) is 102 Å². The molecule has 1 fully saturated rings. The van der Waals surface area contributed by atoms with Crippen molar-refractivity contribution in [2.75, 3.05) is 11.9 Å². The number of aromatic nitrogens is 4. The number of nitrogens with zero attached hydrogens (tertiary/aromatic N) is 4. The number of ether oxygens (including phenoxy) is 2. The van der Waals surface area contributed by atoms with Gasteiger partial charge in [-0.25, -0.2) is 9.78 Å². The zero-order chi connectivity index (χ0) is 33.4. The van der Waals surface area contributed by atoms with Gasteiger partial charge in [0, 0.05) is 6.42 Å². The van der Waals surface area contributed by atoms with E-state index in [0.717, 1.165) is 43.4 Å². The van der Waals surface area contributed by atoms with Gasteiger partial charge >= 0.3 is 14.2 Å². The van der Waals surface area contributed by atoms with Crippen molar-refractivity contribution >= 4 is 63.7 Å². The van der Waals surface area contributed by atoms with Gasteiger partial charge in [-0.3, -0.25) is 4.57 Å². The number of anilines is 1. The number of benzene rings is 5. The largest absolute Gasteiger partial charge is 0.566 e. The maximum absolute atomic E-state index is 13.2. The molecule has 1 aliphatic heterocycles. The lowest BCUT2D eigenvalue weighted by molar-refractivity contribution is -0.191. The maximum Gasteiger partial charge on any atom is 0.488 e. The summed E-state index contributed by atoms with van der Waals surface area (Å²) in [5.41, 5.74) is 2.30. The third kappa shape index (κ3) is 4.82. The highest BCUT2D eigenvalue weighted by Gasteiger charge is 2.41. The Morgan fingerprint density at radius 2 is 1.76 bits per heavy atom. The van der Waals surface area contributed by atoms with Crippen LogP contribution in [0.1, 0.15) is 46.3 Å². The lowest BCUT2D eigenvalue weighted by Gasteiger charge is -2.20. The molecule has 6 atom stereocenters. The molecule has 5 aromatic carbocycles. The molecule has 0 saturated carbocycles. The summed E-state index contributed by atoms with van der Waals surface area (Å²) in [6.07, 6.45) is -2.15. The van der Waals surface area contributed by atoms with E-state index in [4.69, 9.17) is 19.0 Å². The Labute approximate surface area is 278 Å². The van der Waals surface area contributed by atoms with E-state index in [-0.39, 0.29) is 29.4 Å². The molecular formula is C35H26N5O8P. The first-order valence-electron chi connectivity index (χ1n) is 15.6. The van der Waals surface area contributed by atoms with Crippen LogP contribution in [0.25, 0.3) is 43.5 Å². The average molecular weight is 676 g/mol. The quantitative estimate of drug-likeness (QED) is 0.114. The summed E-state index contributed by atoms with van der Waals surface area (Å²) in [5, 5.41) is 31.3. The number of fused-ring (bicyclic) bond motifs is 1. The van der Waals surface area contributed by atoms with Gasteiger partial charge in [-0.15, -0.1) is 4.52 Å². The van der Waals surface area contributed by atoms with Gasteiger partial charge in [0.2, 0.25) is 5.95 Å². The van der Waals surface area contributed by atoms with Crippen molar-refractivity contribution in [3.8, 4) is 5.88 Å². The van der Waals surface area contributed by atoms with Gasteiger partial charge in [0.25, 0.3) is 5.88 Å². The molecule has 0 amide bonds. The number of hydrogen-bond acceptors (Lipinski definition) is 12. The number of carbonyl (C=O) groups excluding carboxylic acids is 1. The normalized spacial score (nSPS) is 22.1. The maximum atomic E-state index is 13.2. The molecule has 1 aliphatic carbocycles. The monoisotopic (exact) mass is 675 g/mol. The van der Waals surface area contributed by atoms with E-state index in [1.807, 2.05) is 30.3 Å². The summed E-state index contributed by atoms with van der Waals surface area (Å²) in [5.74, 6) is -0.752. The second-order valence-electron chi connectivity index (χ2n) is 12.2. The van der Waals surface area contributed by atoms with E-state index >= 15 is 0 Å². The van der Waals surface area contributed by atoms with E-state index < -0.39 is 51.4 Å². The molecule has 244 valence electrons. The molecule has 14 heteroatoms.